The number of ether oxygens (including phenoxy) is 1. The molecule has 0 saturated heterocycles. The first-order chi connectivity index (χ1) is 12.7. The molecular weight excluding hydrogens is 344 g/mol. The zero-order valence-electron chi connectivity index (χ0n) is 15.6. The zero-order valence-corrected chi connectivity index (χ0v) is 16.5. The third-order valence-electron chi connectivity index (χ3n) is 5.07. The SMILES string of the molecule is COc1c(C(=O)NCCNC2CCCCC2)cc(SC)c2ccccc12. The summed E-state index contributed by atoms with van der Waals surface area (Å²) in [6.07, 6.45) is 8.52. The van der Waals surface area contributed by atoms with Crippen molar-refractivity contribution in [2.24, 2.45) is 0 Å². The maximum Gasteiger partial charge on any atom is 0.255 e. The first-order valence-electron chi connectivity index (χ1n) is 9.40. The molecule has 26 heavy (non-hydrogen) atoms. The topological polar surface area (TPSA) is 50.4 Å². The van der Waals surface area contributed by atoms with E-state index in [0.29, 0.717) is 23.9 Å². The second-order valence-electron chi connectivity index (χ2n) is 6.75. The van der Waals surface area contributed by atoms with Gasteiger partial charge in [0, 0.05) is 29.4 Å². The van der Waals surface area contributed by atoms with Gasteiger partial charge in [0.25, 0.3) is 5.91 Å². The normalized spacial score (nSPS) is 15.2. The molecule has 2 aromatic rings. The average molecular weight is 373 g/mol. The van der Waals surface area contributed by atoms with E-state index in [0.717, 1.165) is 22.2 Å². The Bertz CT molecular complexity index is 757. The fraction of sp³-hybridized carbons (Fsp3) is 0.476. The summed E-state index contributed by atoms with van der Waals surface area (Å²) in [6.45, 7) is 1.43. The number of thioether (sulfide) groups is 1. The Kier molecular flexibility index (Phi) is 6.80. The van der Waals surface area contributed by atoms with Crippen molar-refractivity contribution in [2.45, 2.75) is 43.0 Å². The summed E-state index contributed by atoms with van der Waals surface area (Å²) < 4.78 is 5.60. The molecule has 0 aliphatic heterocycles. The summed E-state index contributed by atoms with van der Waals surface area (Å²) >= 11 is 1.65. The molecule has 1 aliphatic rings. The molecule has 0 radical (unpaired) electrons. The van der Waals surface area contributed by atoms with Gasteiger partial charge < -0.3 is 15.4 Å². The highest BCUT2D eigenvalue weighted by Gasteiger charge is 2.18. The van der Waals surface area contributed by atoms with Gasteiger partial charge in [-0.25, -0.2) is 0 Å². The molecule has 4 nitrogen and oxygen atoms in total. The van der Waals surface area contributed by atoms with Crippen LogP contribution in [0.1, 0.15) is 42.5 Å². The average Bonchev–Trinajstić information content (AvgIpc) is 2.70. The van der Waals surface area contributed by atoms with E-state index in [2.05, 4.69) is 16.7 Å². The fourth-order valence-corrected chi connectivity index (χ4v) is 4.36. The van der Waals surface area contributed by atoms with Gasteiger partial charge in [-0.15, -0.1) is 11.8 Å². The van der Waals surface area contributed by atoms with Crippen molar-refractivity contribution in [1.82, 2.24) is 10.6 Å². The molecule has 1 amide bonds. The highest BCUT2D eigenvalue weighted by atomic mass is 32.2. The van der Waals surface area contributed by atoms with Gasteiger partial charge in [0.05, 0.1) is 12.7 Å². The van der Waals surface area contributed by atoms with Crippen LogP contribution in [-0.2, 0) is 0 Å². The van der Waals surface area contributed by atoms with Gasteiger partial charge in [0.15, 0.2) is 0 Å². The lowest BCUT2D eigenvalue weighted by Crippen LogP contribution is -2.38. The zero-order chi connectivity index (χ0) is 18.4. The molecule has 0 bridgehead atoms. The molecule has 2 N–H and O–H groups in total. The van der Waals surface area contributed by atoms with Crippen molar-refractivity contribution in [2.75, 3.05) is 26.5 Å². The molecule has 1 fully saturated rings. The van der Waals surface area contributed by atoms with Gasteiger partial charge in [-0.2, -0.15) is 0 Å². The molecule has 1 saturated carbocycles. The number of fused-ring (bicyclic) bond motifs is 1. The molecule has 3 rings (SSSR count). The summed E-state index contributed by atoms with van der Waals surface area (Å²) in [4.78, 5) is 13.8. The Morgan fingerprint density at radius 2 is 1.88 bits per heavy atom. The predicted molar refractivity (Wildman–Crippen MR) is 109 cm³/mol. The van der Waals surface area contributed by atoms with Gasteiger partial charge in [-0.05, 0) is 30.6 Å². The Labute approximate surface area is 160 Å². The quantitative estimate of drug-likeness (QED) is 0.564. The van der Waals surface area contributed by atoms with Crippen LogP contribution < -0.4 is 15.4 Å². The first kappa shape index (κ1) is 19.1. The third kappa shape index (κ3) is 4.33. The van der Waals surface area contributed by atoms with Crippen LogP contribution in [-0.4, -0.2) is 38.4 Å². The molecule has 0 atom stereocenters. The summed E-state index contributed by atoms with van der Waals surface area (Å²) in [7, 11) is 1.63. The van der Waals surface area contributed by atoms with E-state index in [1.807, 2.05) is 30.5 Å². The van der Waals surface area contributed by atoms with Crippen LogP contribution >= 0.6 is 11.8 Å². The first-order valence-corrected chi connectivity index (χ1v) is 10.6. The molecule has 5 heteroatoms. The lowest BCUT2D eigenvalue weighted by atomic mass is 9.95. The van der Waals surface area contributed by atoms with E-state index in [9.17, 15) is 4.79 Å². The van der Waals surface area contributed by atoms with Gasteiger partial charge in [-0.3, -0.25) is 4.79 Å². The second kappa shape index (κ2) is 9.28. The van der Waals surface area contributed by atoms with Crippen molar-refractivity contribution < 1.29 is 9.53 Å². The second-order valence-corrected chi connectivity index (χ2v) is 7.60. The highest BCUT2D eigenvalue weighted by Crippen LogP contribution is 2.36. The van der Waals surface area contributed by atoms with E-state index in [1.165, 1.54) is 32.1 Å². The van der Waals surface area contributed by atoms with E-state index >= 15 is 0 Å². The molecule has 0 aromatic heterocycles. The smallest absolute Gasteiger partial charge is 0.255 e. The Balaban J connectivity index is 1.69. The standard InChI is InChI=1S/C21H28N2O2S/c1-25-20-17-11-7-6-10-16(17)19(26-2)14-18(20)21(24)23-13-12-22-15-8-4-3-5-9-15/h6-7,10-11,14-15,22H,3-5,8-9,12-13H2,1-2H3,(H,23,24). The van der Waals surface area contributed by atoms with Gasteiger partial charge >= 0.3 is 0 Å². The van der Waals surface area contributed by atoms with Gasteiger partial charge in [0.2, 0.25) is 0 Å². The number of carbonyl (C=O) groups excluding carboxylic acids is 1. The third-order valence-corrected chi connectivity index (χ3v) is 5.85. The maximum absolute atomic E-state index is 12.8. The summed E-state index contributed by atoms with van der Waals surface area (Å²) in [5, 5.41) is 8.69. The molecule has 2 aromatic carbocycles. The van der Waals surface area contributed by atoms with Crippen LogP contribution in [0.4, 0.5) is 0 Å². The molecule has 0 spiro atoms. The van der Waals surface area contributed by atoms with Crippen molar-refractivity contribution >= 4 is 28.4 Å². The number of hydrogen-bond donors (Lipinski definition) is 2. The van der Waals surface area contributed by atoms with Crippen LogP contribution in [0.3, 0.4) is 0 Å². The van der Waals surface area contributed by atoms with Crippen molar-refractivity contribution in [3.05, 3.63) is 35.9 Å². The van der Waals surface area contributed by atoms with Crippen molar-refractivity contribution in [3.8, 4) is 5.75 Å². The summed E-state index contributed by atoms with van der Waals surface area (Å²) in [5.41, 5.74) is 0.605. The van der Waals surface area contributed by atoms with Crippen LogP contribution in [0.25, 0.3) is 10.8 Å². The van der Waals surface area contributed by atoms with Crippen LogP contribution in [0.5, 0.6) is 5.75 Å². The molecule has 0 heterocycles. The van der Waals surface area contributed by atoms with E-state index in [-0.39, 0.29) is 5.91 Å². The van der Waals surface area contributed by atoms with Crippen molar-refractivity contribution in [3.63, 3.8) is 0 Å². The number of nitrogens with one attached hydrogen (secondary N) is 2. The Morgan fingerprint density at radius 1 is 1.15 bits per heavy atom. The highest BCUT2D eigenvalue weighted by molar-refractivity contribution is 7.98. The van der Waals surface area contributed by atoms with Crippen molar-refractivity contribution in [1.29, 1.82) is 0 Å². The number of carbonyl (C=O) groups is 1. The van der Waals surface area contributed by atoms with Crippen LogP contribution in [0.2, 0.25) is 0 Å². The largest absolute Gasteiger partial charge is 0.495 e. The predicted octanol–water partition coefficient (Wildman–Crippen LogP) is 4.22. The van der Waals surface area contributed by atoms with E-state index < -0.39 is 0 Å². The van der Waals surface area contributed by atoms with Crippen LogP contribution in [0, 0.1) is 0 Å². The van der Waals surface area contributed by atoms with Crippen LogP contribution in [0.15, 0.2) is 35.2 Å². The van der Waals surface area contributed by atoms with E-state index in [1.54, 1.807) is 18.9 Å². The Morgan fingerprint density at radius 3 is 2.58 bits per heavy atom. The number of hydrogen-bond acceptors (Lipinski definition) is 4. The number of amides is 1. The molecule has 0 unspecified atom stereocenters. The number of rotatable bonds is 7. The maximum atomic E-state index is 12.8. The van der Waals surface area contributed by atoms with E-state index in [4.69, 9.17) is 4.74 Å². The minimum absolute atomic E-state index is 0.0756. The lowest BCUT2D eigenvalue weighted by molar-refractivity contribution is 0.0950. The minimum atomic E-state index is -0.0756. The summed E-state index contributed by atoms with van der Waals surface area (Å²) in [5.74, 6) is 0.574. The molecule has 140 valence electrons. The number of methoxy groups -OCH3 is 1. The molecule has 1 aliphatic carbocycles. The fourth-order valence-electron chi connectivity index (χ4n) is 3.73. The van der Waals surface area contributed by atoms with Gasteiger partial charge in [-0.1, -0.05) is 43.5 Å². The monoisotopic (exact) mass is 372 g/mol. The minimum Gasteiger partial charge on any atom is -0.495 e. The summed E-state index contributed by atoms with van der Waals surface area (Å²) in [6, 6.07) is 10.6. The lowest BCUT2D eigenvalue weighted by Gasteiger charge is -2.23. The Hall–Kier alpha value is -1.72. The number of benzene rings is 2. The molecular formula is C21H28N2O2S. The van der Waals surface area contributed by atoms with Gasteiger partial charge in [0.1, 0.15) is 5.75 Å².